The molecule has 6 nitrogen and oxygen atoms in total. The molecule has 0 saturated carbocycles. The summed E-state index contributed by atoms with van der Waals surface area (Å²) in [6.45, 7) is 10.8. The van der Waals surface area contributed by atoms with Gasteiger partial charge in [0, 0.05) is 16.4 Å². The van der Waals surface area contributed by atoms with E-state index in [4.69, 9.17) is 9.05 Å². The summed E-state index contributed by atoms with van der Waals surface area (Å²) < 4.78 is 40.2. The first-order chi connectivity index (χ1) is 20.4. The summed E-state index contributed by atoms with van der Waals surface area (Å²) in [5, 5.41) is 0.748. The van der Waals surface area contributed by atoms with Crippen molar-refractivity contribution < 1.29 is 27.8 Å². The highest BCUT2D eigenvalue weighted by Crippen LogP contribution is 2.48. The molecule has 0 bridgehead atoms. The minimum Gasteiger partial charge on any atom is -0.317 e. The van der Waals surface area contributed by atoms with Crippen molar-refractivity contribution in [2.75, 3.05) is 12.8 Å². The van der Waals surface area contributed by atoms with Gasteiger partial charge in [0.2, 0.25) is 12.7 Å². The Morgan fingerprint density at radius 3 is 1.70 bits per heavy atom. The van der Waals surface area contributed by atoms with Crippen LogP contribution in [0.1, 0.15) is 54.1 Å². The van der Waals surface area contributed by atoms with Crippen molar-refractivity contribution in [3.8, 4) is 0 Å². The van der Waals surface area contributed by atoms with Gasteiger partial charge < -0.3 is 4.52 Å². The van der Waals surface area contributed by atoms with Crippen LogP contribution in [0, 0.1) is 41.5 Å². The van der Waals surface area contributed by atoms with Gasteiger partial charge in [-0.25, -0.2) is 0 Å². The predicted octanol–water partition coefficient (Wildman–Crippen LogP) is 7.68. The molecule has 3 unspecified atom stereocenters. The van der Waals surface area contributed by atoms with Crippen LogP contribution in [0.5, 0.6) is 0 Å². The molecule has 0 saturated heterocycles. The largest absolute Gasteiger partial charge is 0.549 e. The van der Waals surface area contributed by atoms with Gasteiger partial charge in [-0.15, -0.1) is 4.52 Å². The molecule has 0 fully saturated rings. The average Bonchev–Trinajstić information content (AvgIpc) is 2.95. The van der Waals surface area contributed by atoms with E-state index in [1.807, 2.05) is 65.8 Å². The van der Waals surface area contributed by atoms with Crippen LogP contribution in [0.2, 0.25) is 0 Å². The van der Waals surface area contributed by atoms with Crippen molar-refractivity contribution in [1.82, 2.24) is 0 Å². The molecule has 0 N–H and O–H groups in total. The topological polar surface area (TPSA) is 86.7 Å². The lowest BCUT2D eigenvalue weighted by atomic mass is 9.94. The molecule has 0 heterocycles. The van der Waals surface area contributed by atoms with E-state index < -0.39 is 40.1 Å². The Morgan fingerprint density at radius 1 is 0.721 bits per heavy atom. The molecule has 8 heteroatoms. The molecule has 3 atom stereocenters. The van der Waals surface area contributed by atoms with Crippen molar-refractivity contribution >= 4 is 37.6 Å². The van der Waals surface area contributed by atoms with Gasteiger partial charge in [-0.1, -0.05) is 71.8 Å². The SMILES string of the molecule is Cc1cc(C)c(C(=O)COP(=O)(CC(O[P+](=O)c2ccccc2)C(=O)c2c(C)cc(C)cc2C)c2ccccc2)c(C)c1. The van der Waals surface area contributed by atoms with E-state index >= 15 is 0 Å². The van der Waals surface area contributed by atoms with Gasteiger partial charge in [-0.05, 0) is 92.6 Å². The molecule has 0 aliphatic carbocycles. The second-order valence-corrected chi connectivity index (χ2v) is 14.7. The smallest absolute Gasteiger partial charge is 0.317 e. The summed E-state index contributed by atoms with van der Waals surface area (Å²) in [7, 11) is -6.37. The highest BCUT2D eigenvalue weighted by Gasteiger charge is 2.41. The Morgan fingerprint density at radius 2 is 1.19 bits per heavy atom. The van der Waals surface area contributed by atoms with Crippen LogP contribution in [-0.2, 0) is 18.2 Å². The van der Waals surface area contributed by atoms with E-state index in [1.54, 1.807) is 60.7 Å². The Labute approximate surface area is 254 Å². The maximum atomic E-state index is 14.8. The Bertz CT molecular complexity index is 1670. The first-order valence-electron chi connectivity index (χ1n) is 14.1. The number of ketones is 2. The van der Waals surface area contributed by atoms with Crippen molar-refractivity contribution in [1.29, 1.82) is 0 Å². The third-order valence-electron chi connectivity index (χ3n) is 7.32. The standard InChI is InChI=1S/C35H37O6P2/c1-23-17-25(3)33(26(4)18-23)31(36)21-40-43(39,30-15-11-8-12-16-30)22-32(41-42(38)29-13-9-7-10-14-29)35(37)34-27(5)19-24(2)20-28(34)6/h7-20,32H,21-22H2,1-6H3/q+1. The summed E-state index contributed by atoms with van der Waals surface area (Å²) in [5.41, 5.74) is 6.07. The molecule has 0 amide bonds. The second-order valence-electron chi connectivity index (χ2n) is 11.0. The summed E-state index contributed by atoms with van der Waals surface area (Å²) in [5.74, 6) is -0.749. The quantitative estimate of drug-likeness (QED) is 0.120. The summed E-state index contributed by atoms with van der Waals surface area (Å²) in [6, 6.07) is 24.7. The van der Waals surface area contributed by atoms with E-state index in [0.29, 0.717) is 21.7 Å². The van der Waals surface area contributed by atoms with E-state index in [2.05, 4.69) is 0 Å². The minimum absolute atomic E-state index is 0.310. The molecule has 4 aromatic rings. The van der Waals surface area contributed by atoms with Crippen molar-refractivity contribution in [3.63, 3.8) is 0 Å². The molecule has 0 spiro atoms. The van der Waals surface area contributed by atoms with E-state index in [1.165, 1.54) is 0 Å². The lowest BCUT2D eigenvalue weighted by Crippen LogP contribution is -2.31. The number of carbonyl (C=O) groups excluding carboxylic acids is 2. The second kappa shape index (κ2) is 13.8. The van der Waals surface area contributed by atoms with E-state index in [0.717, 1.165) is 33.4 Å². The molecule has 222 valence electrons. The number of benzene rings is 4. The first kappa shape index (κ1) is 32.4. The van der Waals surface area contributed by atoms with Crippen LogP contribution in [-0.4, -0.2) is 30.4 Å². The Kier molecular flexibility index (Phi) is 10.4. The highest BCUT2D eigenvalue weighted by atomic mass is 31.2. The molecule has 0 aromatic heterocycles. The number of hydrogen-bond acceptors (Lipinski definition) is 6. The molecule has 0 aliphatic rings. The maximum absolute atomic E-state index is 14.8. The van der Waals surface area contributed by atoms with Crippen LogP contribution < -0.4 is 10.6 Å². The molecule has 0 aliphatic heterocycles. The number of Topliss-reactive ketones (excluding diaryl/α,β-unsaturated/α-hetero) is 2. The van der Waals surface area contributed by atoms with Crippen LogP contribution in [0.15, 0.2) is 84.9 Å². The average molecular weight is 616 g/mol. The summed E-state index contributed by atoms with van der Waals surface area (Å²) in [4.78, 5) is 27.6. The zero-order valence-electron chi connectivity index (χ0n) is 25.4. The first-order valence-corrected chi connectivity index (χ1v) is 17.1. The van der Waals surface area contributed by atoms with Gasteiger partial charge in [0.1, 0.15) is 6.61 Å². The molecule has 43 heavy (non-hydrogen) atoms. The summed E-state index contributed by atoms with van der Waals surface area (Å²) in [6.07, 6.45) is -1.76. The Balaban J connectivity index is 1.73. The van der Waals surface area contributed by atoms with Crippen LogP contribution in [0.25, 0.3) is 0 Å². The highest BCUT2D eigenvalue weighted by molar-refractivity contribution is 7.67. The fraction of sp³-hybridized carbons (Fsp3) is 0.257. The zero-order chi connectivity index (χ0) is 31.3. The minimum atomic E-state index is -3.90. The molecular weight excluding hydrogens is 578 g/mol. The molecule has 0 radical (unpaired) electrons. The third kappa shape index (κ3) is 7.71. The zero-order valence-corrected chi connectivity index (χ0v) is 27.2. The van der Waals surface area contributed by atoms with Crippen molar-refractivity contribution in [3.05, 3.63) is 129 Å². The third-order valence-corrected chi connectivity index (χ3v) is 10.9. The van der Waals surface area contributed by atoms with E-state index in [-0.39, 0.29) is 5.78 Å². The van der Waals surface area contributed by atoms with Crippen LogP contribution >= 0.6 is 15.4 Å². The van der Waals surface area contributed by atoms with Gasteiger partial charge in [-0.3, -0.25) is 14.2 Å². The maximum Gasteiger partial charge on any atom is 0.549 e. The lowest BCUT2D eigenvalue weighted by Gasteiger charge is -2.23. The Hall–Kier alpha value is -3.53. The van der Waals surface area contributed by atoms with Gasteiger partial charge in [0.25, 0.3) is 0 Å². The number of carbonyl (C=O) groups is 2. The monoisotopic (exact) mass is 615 g/mol. The molecule has 4 aromatic carbocycles. The molecule has 4 rings (SSSR count). The van der Waals surface area contributed by atoms with Crippen LogP contribution in [0.3, 0.4) is 0 Å². The normalized spacial score (nSPS) is 13.7. The number of hydrogen-bond donors (Lipinski definition) is 0. The van der Waals surface area contributed by atoms with Gasteiger partial charge in [-0.2, -0.15) is 0 Å². The molecular formula is C35H37O6P2+. The van der Waals surface area contributed by atoms with E-state index in [9.17, 15) is 18.7 Å². The predicted molar refractivity (Wildman–Crippen MR) is 173 cm³/mol. The van der Waals surface area contributed by atoms with Gasteiger partial charge in [0.15, 0.2) is 17.7 Å². The van der Waals surface area contributed by atoms with Crippen molar-refractivity contribution in [2.45, 2.75) is 47.6 Å². The summed E-state index contributed by atoms with van der Waals surface area (Å²) >= 11 is 0. The number of aryl methyl sites for hydroxylation is 6. The van der Waals surface area contributed by atoms with Gasteiger partial charge >= 0.3 is 8.03 Å². The lowest BCUT2D eigenvalue weighted by molar-refractivity contribution is 0.0828. The van der Waals surface area contributed by atoms with Gasteiger partial charge in [0.05, 0.1) is 6.16 Å². The fourth-order valence-corrected chi connectivity index (χ4v) is 8.73. The fourth-order valence-electron chi connectivity index (χ4n) is 5.58. The number of rotatable bonds is 12. The van der Waals surface area contributed by atoms with Crippen molar-refractivity contribution in [2.24, 2.45) is 0 Å². The van der Waals surface area contributed by atoms with Crippen LogP contribution in [0.4, 0.5) is 0 Å².